The second-order valence-corrected chi connectivity index (χ2v) is 6.86. The molecule has 0 fully saturated rings. The van der Waals surface area contributed by atoms with E-state index in [1.165, 1.54) is 12.1 Å². The standard InChI is InChI=1S/C23H23ClFNO2/c1-3-27-23-12-17(14-26-20-9-7-16(2)21(24)13-20)8-10-22(23)28-15-18-5-4-6-19(25)11-18/h4-13,26H,3,14-15H2,1-2H3. The Morgan fingerprint density at radius 3 is 2.54 bits per heavy atom. The van der Waals surface area contributed by atoms with Crippen LogP contribution in [-0.2, 0) is 13.2 Å². The van der Waals surface area contributed by atoms with E-state index in [-0.39, 0.29) is 12.4 Å². The van der Waals surface area contributed by atoms with Crippen LogP contribution in [0.2, 0.25) is 5.02 Å². The summed E-state index contributed by atoms with van der Waals surface area (Å²) in [5.41, 5.74) is 3.83. The molecule has 0 heterocycles. The third kappa shape index (κ3) is 5.40. The Hall–Kier alpha value is -2.72. The largest absolute Gasteiger partial charge is 0.490 e. The Kier molecular flexibility index (Phi) is 6.77. The molecule has 0 aliphatic carbocycles. The van der Waals surface area contributed by atoms with Crippen molar-refractivity contribution < 1.29 is 13.9 Å². The first-order chi connectivity index (χ1) is 13.5. The highest BCUT2D eigenvalue weighted by atomic mass is 35.5. The van der Waals surface area contributed by atoms with Crippen molar-refractivity contribution in [2.24, 2.45) is 0 Å². The van der Waals surface area contributed by atoms with Crippen molar-refractivity contribution in [3.63, 3.8) is 0 Å². The summed E-state index contributed by atoms with van der Waals surface area (Å²) in [5, 5.41) is 4.10. The molecule has 3 aromatic rings. The summed E-state index contributed by atoms with van der Waals surface area (Å²) in [4.78, 5) is 0. The van der Waals surface area contributed by atoms with Gasteiger partial charge in [0, 0.05) is 17.3 Å². The number of hydrogen-bond donors (Lipinski definition) is 1. The second kappa shape index (κ2) is 9.47. The molecule has 3 rings (SSSR count). The van der Waals surface area contributed by atoms with Crippen LogP contribution in [0.3, 0.4) is 0 Å². The third-order valence-electron chi connectivity index (χ3n) is 4.26. The zero-order valence-corrected chi connectivity index (χ0v) is 16.7. The van der Waals surface area contributed by atoms with Gasteiger partial charge in [-0.3, -0.25) is 0 Å². The summed E-state index contributed by atoms with van der Waals surface area (Å²) in [7, 11) is 0. The molecule has 0 saturated carbocycles. The fourth-order valence-electron chi connectivity index (χ4n) is 2.74. The minimum Gasteiger partial charge on any atom is -0.490 e. The second-order valence-electron chi connectivity index (χ2n) is 6.45. The molecule has 3 aromatic carbocycles. The average Bonchev–Trinajstić information content (AvgIpc) is 2.68. The van der Waals surface area contributed by atoms with Crippen LogP contribution in [0.4, 0.5) is 10.1 Å². The minimum atomic E-state index is -0.274. The van der Waals surface area contributed by atoms with Gasteiger partial charge in [-0.2, -0.15) is 0 Å². The Balaban J connectivity index is 1.68. The molecule has 0 radical (unpaired) electrons. The first-order valence-electron chi connectivity index (χ1n) is 9.18. The molecule has 0 spiro atoms. The molecule has 5 heteroatoms. The van der Waals surface area contributed by atoms with Gasteiger partial charge in [0.05, 0.1) is 6.61 Å². The highest BCUT2D eigenvalue weighted by Crippen LogP contribution is 2.30. The maximum Gasteiger partial charge on any atom is 0.161 e. The summed E-state index contributed by atoms with van der Waals surface area (Å²) in [6.07, 6.45) is 0. The quantitative estimate of drug-likeness (QED) is 0.477. The Bertz CT molecular complexity index is 946. The van der Waals surface area contributed by atoms with Gasteiger partial charge in [0.25, 0.3) is 0 Å². The van der Waals surface area contributed by atoms with Gasteiger partial charge in [-0.25, -0.2) is 4.39 Å². The van der Waals surface area contributed by atoms with E-state index < -0.39 is 0 Å². The highest BCUT2D eigenvalue weighted by Gasteiger charge is 2.08. The number of hydrogen-bond acceptors (Lipinski definition) is 3. The molecule has 0 aliphatic rings. The maximum atomic E-state index is 13.3. The number of aryl methyl sites for hydroxylation is 1. The van der Waals surface area contributed by atoms with Crippen LogP contribution >= 0.6 is 11.6 Å². The average molecular weight is 400 g/mol. The number of ether oxygens (including phenoxy) is 2. The summed E-state index contributed by atoms with van der Waals surface area (Å²) in [6, 6.07) is 18.1. The normalized spacial score (nSPS) is 10.6. The van der Waals surface area contributed by atoms with Crippen molar-refractivity contribution in [2.75, 3.05) is 11.9 Å². The Morgan fingerprint density at radius 1 is 0.929 bits per heavy atom. The van der Waals surface area contributed by atoms with Crippen molar-refractivity contribution in [3.8, 4) is 11.5 Å². The van der Waals surface area contributed by atoms with Crippen LogP contribution in [0.1, 0.15) is 23.6 Å². The van der Waals surface area contributed by atoms with Gasteiger partial charge >= 0.3 is 0 Å². The molecule has 0 amide bonds. The summed E-state index contributed by atoms with van der Waals surface area (Å²) >= 11 is 6.18. The van der Waals surface area contributed by atoms with Gasteiger partial charge in [-0.15, -0.1) is 0 Å². The molecule has 28 heavy (non-hydrogen) atoms. The molecule has 1 N–H and O–H groups in total. The predicted octanol–water partition coefficient (Wildman–Crippen LogP) is 6.38. The lowest BCUT2D eigenvalue weighted by molar-refractivity contribution is 0.269. The summed E-state index contributed by atoms with van der Waals surface area (Å²) in [5.74, 6) is 1.03. The molecule has 0 aromatic heterocycles. The van der Waals surface area contributed by atoms with Crippen LogP contribution in [-0.4, -0.2) is 6.61 Å². The predicted molar refractivity (Wildman–Crippen MR) is 112 cm³/mol. The van der Waals surface area contributed by atoms with Crippen molar-refractivity contribution in [1.29, 1.82) is 0 Å². The minimum absolute atomic E-state index is 0.274. The van der Waals surface area contributed by atoms with Crippen LogP contribution in [0, 0.1) is 12.7 Å². The van der Waals surface area contributed by atoms with E-state index >= 15 is 0 Å². The third-order valence-corrected chi connectivity index (χ3v) is 4.67. The molecular formula is C23H23ClFNO2. The number of anilines is 1. The van der Waals surface area contributed by atoms with Crippen molar-refractivity contribution in [2.45, 2.75) is 27.0 Å². The zero-order valence-electron chi connectivity index (χ0n) is 16.0. The maximum absolute atomic E-state index is 13.3. The van der Waals surface area contributed by atoms with E-state index in [1.54, 1.807) is 6.07 Å². The molecule has 0 saturated heterocycles. The first-order valence-corrected chi connectivity index (χ1v) is 9.56. The fourth-order valence-corrected chi connectivity index (χ4v) is 2.93. The van der Waals surface area contributed by atoms with E-state index in [1.807, 2.05) is 56.3 Å². The molecule has 0 bridgehead atoms. The topological polar surface area (TPSA) is 30.5 Å². The SMILES string of the molecule is CCOc1cc(CNc2ccc(C)c(Cl)c2)ccc1OCc1cccc(F)c1. The smallest absolute Gasteiger partial charge is 0.161 e. The zero-order chi connectivity index (χ0) is 19.9. The van der Waals surface area contributed by atoms with Gasteiger partial charge in [-0.05, 0) is 66.9 Å². The van der Waals surface area contributed by atoms with Gasteiger partial charge in [0.2, 0.25) is 0 Å². The lowest BCUT2D eigenvalue weighted by atomic mass is 10.1. The molecule has 3 nitrogen and oxygen atoms in total. The van der Waals surface area contributed by atoms with Gasteiger partial charge in [-0.1, -0.05) is 35.9 Å². The highest BCUT2D eigenvalue weighted by molar-refractivity contribution is 6.31. The fraction of sp³-hybridized carbons (Fsp3) is 0.217. The number of rotatable bonds is 8. The summed E-state index contributed by atoms with van der Waals surface area (Å²) in [6.45, 7) is 5.33. The Labute approximate surface area is 170 Å². The van der Waals surface area contributed by atoms with E-state index in [0.29, 0.717) is 24.7 Å². The molecular weight excluding hydrogens is 377 g/mol. The van der Waals surface area contributed by atoms with E-state index in [9.17, 15) is 4.39 Å². The summed E-state index contributed by atoms with van der Waals surface area (Å²) < 4.78 is 24.9. The molecule has 0 unspecified atom stereocenters. The molecule has 0 aliphatic heterocycles. The van der Waals surface area contributed by atoms with Crippen LogP contribution in [0.5, 0.6) is 11.5 Å². The lowest BCUT2D eigenvalue weighted by Crippen LogP contribution is -2.03. The van der Waals surface area contributed by atoms with Crippen molar-refractivity contribution in [1.82, 2.24) is 0 Å². The molecule has 146 valence electrons. The van der Waals surface area contributed by atoms with Crippen molar-refractivity contribution >= 4 is 17.3 Å². The Morgan fingerprint density at radius 2 is 1.79 bits per heavy atom. The van der Waals surface area contributed by atoms with Crippen LogP contribution in [0.15, 0.2) is 60.7 Å². The van der Waals surface area contributed by atoms with E-state index in [0.717, 1.165) is 27.4 Å². The molecule has 0 atom stereocenters. The van der Waals surface area contributed by atoms with Gasteiger partial charge < -0.3 is 14.8 Å². The van der Waals surface area contributed by atoms with Crippen LogP contribution < -0.4 is 14.8 Å². The van der Waals surface area contributed by atoms with Gasteiger partial charge in [0.15, 0.2) is 11.5 Å². The number of nitrogens with one attached hydrogen (secondary N) is 1. The van der Waals surface area contributed by atoms with E-state index in [2.05, 4.69) is 5.32 Å². The van der Waals surface area contributed by atoms with E-state index in [4.69, 9.17) is 21.1 Å². The van der Waals surface area contributed by atoms with Gasteiger partial charge in [0.1, 0.15) is 12.4 Å². The lowest BCUT2D eigenvalue weighted by Gasteiger charge is -2.14. The number of benzene rings is 3. The monoisotopic (exact) mass is 399 g/mol. The number of halogens is 2. The van der Waals surface area contributed by atoms with Crippen molar-refractivity contribution in [3.05, 3.63) is 88.2 Å². The van der Waals surface area contributed by atoms with Crippen LogP contribution in [0.25, 0.3) is 0 Å². The first kappa shape index (κ1) is 20.0.